The molecule has 0 heterocycles. The molecule has 0 unspecified atom stereocenters. The van der Waals surface area contributed by atoms with Crippen LogP contribution in [-0.4, -0.2) is 25.0 Å². The molecule has 0 aromatic heterocycles. The maximum Gasteiger partial charge on any atom is 0.308 e. The van der Waals surface area contributed by atoms with Crippen molar-refractivity contribution in [3.63, 3.8) is 0 Å². The Bertz CT molecular complexity index is 616. The number of hydrogen-bond acceptors (Lipinski definition) is 4. The molecule has 130 valence electrons. The van der Waals surface area contributed by atoms with Gasteiger partial charge >= 0.3 is 5.97 Å². The quantitative estimate of drug-likeness (QED) is 0.511. The first-order valence-corrected chi connectivity index (χ1v) is 8.33. The highest BCUT2D eigenvalue weighted by molar-refractivity contribution is 5.92. The number of carbonyl (C=O) groups excluding carboxylic acids is 2. The molecule has 0 atom stereocenters. The third-order valence-electron chi connectivity index (χ3n) is 4.23. The van der Waals surface area contributed by atoms with Crippen LogP contribution in [-0.2, 0) is 9.59 Å². The standard InChI is InChI=1S/C19H25NO4/c1-13-4-8-16(9-5-13)20-19(22)11-7-15-6-10-17(24-14(2)21)18(12-15)23-3/h6-7,10-13,16H,4-5,8-9H2,1-3H3,(H,20,22)/t13-,16-. The number of hydrogen-bond donors (Lipinski definition) is 1. The molecule has 0 bridgehead atoms. The molecule has 5 heteroatoms. The van der Waals surface area contributed by atoms with Gasteiger partial charge in [-0.05, 0) is 55.4 Å². The van der Waals surface area contributed by atoms with Crippen molar-refractivity contribution in [2.24, 2.45) is 5.92 Å². The number of rotatable bonds is 5. The lowest BCUT2D eigenvalue weighted by Gasteiger charge is -2.26. The number of methoxy groups -OCH3 is 1. The van der Waals surface area contributed by atoms with E-state index >= 15 is 0 Å². The van der Waals surface area contributed by atoms with Crippen LogP contribution in [0.3, 0.4) is 0 Å². The minimum atomic E-state index is -0.405. The molecule has 1 amide bonds. The van der Waals surface area contributed by atoms with E-state index in [-0.39, 0.29) is 11.9 Å². The van der Waals surface area contributed by atoms with Gasteiger partial charge in [0.05, 0.1) is 7.11 Å². The largest absolute Gasteiger partial charge is 0.493 e. The monoisotopic (exact) mass is 331 g/mol. The Morgan fingerprint density at radius 2 is 1.88 bits per heavy atom. The third-order valence-corrected chi connectivity index (χ3v) is 4.23. The van der Waals surface area contributed by atoms with E-state index in [2.05, 4.69) is 12.2 Å². The second kappa shape index (κ2) is 8.52. The number of ether oxygens (including phenoxy) is 2. The van der Waals surface area contributed by atoms with Crippen LogP contribution >= 0.6 is 0 Å². The Kier molecular flexibility index (Phi) is 6.41. The average Bonchev–Trinajstić information content (AvgIpc) is 2.55. The van der Waals surface area contributed by atoms with Gasteiger partial charge in [0.25, 0.3) is 0 Å². The zero-order valence-corrected chi connectivity index (χ0v) is 14.5. The normalized spacial score (nSPS) is 20.6. The van der Waals surface area contributed by atoms with Gasteiger partial charge in [-0.2, -0.15) is 0 Å². The third kappa shape index (κ3) is 5.41. The molecule has 1 N–H and O–H groups in total. The maximum atomic E-state index is 12.0. The van der Waals surface area contributed by atoms with Crippen LogP contribution in [0, 0.1) is 5.92 Å². The highest BCUT2D eigenvalue weighted by Gasteiger charge is 2.18. The Labute approximate surface area is 143 Å². The van der Waals surface area contributed by atoms with E-state index < -0.39 is 5.97 Å². The van der Waals surface area contributed by atoms with Gasteiger partial charge in [0, 0.05) is 19.0 Å². The first kappa shape index (κ1) is 18.0. The van der Waals surface area contributed by atoms with Crippen LogP contribution < -0.4 is 14.8 Å². The maximum absolute atomic E-state index is 12.0. The van der Waals surface area contributed by atoms with E-state index in [9.17, 15) is 9.59 Å². The van der Waals surface area contributed by atoms with Gasteiger partial charge in [-0.1, -0.05) is 13.0 Å². The van der Waals surface area contributed by atoms with Gasteiger partial charge < -0.3 is 14.8 Å². The lowest BCUT2D eigenvalue weighted by atomic mass is 9.87. The van der Waals surface area contributed by atoms with Crippen molar-refractivity contribution in [3.05, 3.63) is 29.8 Å². The summed E-state index contributed by atoms with van der Waals surface area (Å²) in [6, 6.07) is 5.43. The fourth-order valence-electron chi connectivity index (χ4n) is 2.85. The van der Waals surface area contributed by atoms with Crippen molar-refractivity contribution in [1.29, 1.82) is 0 Å². The number of nitrogens with one attached hydrogen (secondary N) is 1. The first-order valence-electron chi connectivity index (χ1n) is 8.33. The van der Waals surface area contributed by atoms with E-state index in [4.69, 9.17) is 9.47 Å². The van der Waals surface area contributed by atoms with Crippen molar-refractivity contribution >= 4 is 18.0 Å². The Morgan fingerprint density at radius 1 is 1.17 bits per heavy atom. The fraction of sp³-hybridized carbons (Fsp3) is 0.474. The summed E-state index contributed by atoms with van der Waals surface area (Å²) in [6.07, 6.45) is 7.68. The van der Waals surface area contributed by atoms with Crippen LogP contribution in [0.25, 0.3) is 6.08 Å². The number of benzene rings is 1. The predicted molar refractivity (Wildman–Crippen MR) is 92.9 cm³/mol. The lowest BCUT2D eigenvalue weighted by molar-refractivity contribution is -0.132. The second-order valence-corrected chi connectivity index (χ2v) is 6.30. The summed E-state index contributed by atoms with van der Waals surface area (Å²) in [5.74, 6) is 1.09. The van der Waals surface area contributed by atoms with Gasteiger partial charge in [0.15, 0.2) is 11.5 Å². The number of esters is 1. The van der Waals surface area contributed by atoms with Gasteiger partial charge in [0.1, 0.15) is 0 Å². The topological polar surface area (TPSA) is 64.6 Å². The molecule has 0 radical (unpaired) electrons. The molecule has 2 rings (SSSR count). The van der Waals surface area contributed by atoms with Crippen molar-refractivity contribution in [1.82, 2.24) is 5.32 Å². The fourth-order valence-corrected chi connectivity index (χ4v) is 2.85. The van der Waals surface area contributed by atoms with E-state index in [1.165, 1.54) is 33.0 Å². The second-order valence-electron chi connectivity index (χ2n) is 6.30. The number of amides is 1. The summed E-state index contributed by atoms with van der Waals surface area (Å²) in [6.45, 7) is 3.59. The zero-order chi connectivity index (χ0) is 17.5. The van der Waals surface area contributed by atoms with Crippen LogP contribution in [0.15, 0.2) is 24.3 Å². The summed E-state index contributed by atoms with van der Waals surface area (Å²) in [7, 11) is 1.51. The molecule has 0 aliphatic heterocycles. The summed E-state index contributed by atoms with van der Waals surface area (Å²) in [5, 5.41) is 3.05. The molecule has 1 aliphatic rings. The highest BCUT2D eigenvalue weighted by Crippen LogP contribution is 2.28. The van der Waals surface area contributed by atoms with E-state index in [0.717, 1.165) is 24.3 Å². The summed E-state index contributed by atoms with van der Waals surface area (Å²) in [5.41, 5.74) is 0.801. The van der Waals surface area contributed by atoms with Crippen molar-refractivity contribution in [2.75, 3.05) is 7.11 Å². The van der Waals surface area contributed by atoms with E-state index in [0.29, 0.717) is 11.5 Å². The summed E-state index contributed by atoms with van der Waals surface area (Å²) in [4.78, 5) is 23.1. The number of carbonyl (C=O) groups is 2. The van der Waals surface area contributed by atoms with Gasteiger partial charge in [-0.15, -0.1) is 0 Å². The Balaban J connectivity index is 1.95. The molecule has 1 saturated carbocycles. The first-order chi connectivity index (χ1) is 11.5. The summed E-state index contributed by atoms with van der Waals surface area (Å²) >= 11 is 0. The molecule has 0 spiro atoms. The smallest absolute Gasteiger partial charge is 0.308 e. The van der Waals surface area contributed by atoms with Crippen LogP contribution in [0.1, 0.15) is 45.1 Å². The van der Waals surface area contributed by atoms with Crippen LogP contribution in [0.2, 0.25) is 0 Å². The molecule has 24 heavy (non-hydrogen) atoms. The van der Waals surface area contributed by atoms with Crippen molar-refractivity contribution in [2.45, 2.75) is 45.6 Å². The van der Waals surface area contributed by atoms with Gasteiger partial charge in [-0.3, -0.25) is 9.59 Å². The molecule has 5 nitrogen and oxygen atoms in total. The highest BCUT2D eigenvalue weighted by atomic mass is 16.6. The summed E-state index contributed by atoms with van der Waals surface area (Å²) < 4.78 is 10.3. The molecular weight excluding hydrogens is 306 g/mol. The average molecular weight is 331 g/mol. The molecule has 0 saturated heterocycles. The SMILES string of the molecule is COc1cc(C=CC(=O)N[C@H]2CC[C@H](C)CC2)ccc1OC(C)=O. The molecule has 1 fully saturated rings. The lowest BCUT2D eigenvalue weighted by Crippen LogP contribution is -2.36. The molecule has 1 aromatic carbocycles. The minimum Gasteiger partial charge on any atom is -0.493 e. The van der Waals surface area contributed by atoms with E-state index in [1.807, 2.05) is 0 Å². The van der Waals surface area contributed by atoms with Gasteiger partial charge in [0.2, 0.25) is 5.91 Å². The Hall–Kier alpha value is -2.30. The minimum absolute atomic E-state index is 0.0856. The zero-order valence-electron chi connectivity index (χ0n) is 14.5. The molecular formula is C19H25NO4. The van der Waals surface area contributed by atoms with Crippen LogP contribution in [0.4, 0.5) is 0 Å². The molecule has 1 aromatic rings. The predicted octanol–water partition coefficient (Wildman–Crippen LogP) is 3.33. The molecule has 1 aliphatic carbocycles. The van der Waals surface area contributed by atoms with Gasteiger partial charge in [-0.25, -0.2) is 0 Å². The Morgan fingerprint density at radius 3 is 2.50 bits per heavy atom. The van der Waals surface area contributed by atoms with Crippen molar-refractivity contribution in [3.8, 4) is 11.5 Å². The van der Waals surface area contributed by atoms with Crippen molar-refractivity contribution < 1.29 is 19.1 Å². The van der Waals surface area contributed by atoms with E-state index in [1.54, 1.807) is 24.3 Å². The van der Waals surface area contributed by atoms with Crippen LogP contribution in [0.5, 0.6) is 11.5 Å².